The monoisotopic (exact) mass is 258 g/mol. The van der Waals surface area contributed by atoms with Gasteiger partial charge in [-0.15, -0.1) is 0 Å². The lowest BCUT2D eigenvalue weighted by molar-refractivity contribution is 0.228. The van der Waals surface area contributed by atoms with Crippen LogP contribution >= 0.6 is 0 Å². The molecule has 2 fully saturated rings. The highest BCUT2D eigenvalue weighted by Crippen LogP contribution is 2.40. The van der Waals surface area contributed by atoms with Gasteiger partial charge in [-0.1, -0.05) is 30.3 Å². The Hall–Kier alpha value is -0.860. The fraction of sp³-hybridized carbons (Fsp3) is 0.647. The molecule has 1 saturated carbocycles. The number of nitrogens with two attached hydrogens (primary N) is 1. The van der Waals surface area contributed by atoms with Gasteiger partial charge in [0, 0.05) is 13.1 Å². The van der Waals surface area contributed by atoms with Crippen molar-refractivity contribution in [2.75, 3.05) is 19.6 Å². The van der Waals surface area contributed by atoms with Crippen molar-refractivity contribution in [2.45, 2.75) is 32.2 Å². The number of rotatable bonds is 3. The van der Waals surface area contributed by atoms with Gasteiger partial charge in [-0.2, -0.15) is 0 Å². The summed E-state index contributed by atoms with van der Waals surface area (Å²) in [6, 6.07) is 10.9. The van der Waals surface area contributed by atoms with Gasteiger partial charge < -0.3 is 5.73 Å². The molecule has 1 aliphatic carbocycles. The predicted molar refractivity (Wildman–Crippen MR) is 79.7 cm³/mol. The molecule has 0 amide bonds. The molecular weight excluding hydrogens is 232 g/mol. The summed E-state index contributed by atoms with van der Waals surface area (Å²) in [6.45, 7) is 4.58. The highest BCUT2D eigenvalue weighted by atomic mass is 15.1. The molecule has 2 heteroatoms. The minimum absolute atomic E-state index is 0.798. The van der Waals surface area contributed by atoms with E-state index in [2.05, 4.69) is 35.2 Å². The van der Waals surface area contributed by atoms with E-state index in [0.717, 1.165) is 30.8 Å². The molecule has 0 aromatic heterocycles. The fourth-order valence-corrected chi connectivity index (χ4v) is 4.09. The second-order valence-electron chi connectivity index (χ2n) is 6.46. The number of hydrogen-bond donors (Lipinski definition) is 1. The Bertz CT molecular complexity index is 390. The van der Waals surface area contributed by atoms with E-state index in [1.165, 1.54) is 44.3 Å². The van der Waals surface area contributed by atoms with E-state index in [4.69, 9.17) is 5.73 Å². The zero-order valence-electron chi connectivity index (χ0n) is 11.8. The lowest BCUT2D eigenvalue weighted by atomic mass is 9.93. The standard InChI is InChI=1S/C17H26N2/c18-11-15-9-16-7-4-8-19(13-17(16)10-15)12-14-5-2-1-3-6-14/h1-3,5-6,15-17H,4,7-13,18H2. The van der Waals surface area contributed by atoms with Crippen molar-refractivity contribution < 1.29 is 0 Å². The zero-order chi connectivity index (χ0) is 13.1. The molecule has 1 heterocycles. The molecule has 0 bridgehead atoms. The first-order valence-electron chi connectivity index (χ1n) is 7.81. The molecule has 3 atom stereocenters. The van der Waals surface area contributed by atoms with Crippen LogP contribution < -0.4 is 5.73 Å². The summed E-state index contributed by atoms with van der Waals surface area (Å²) in [5.41, 5.74) is 7.32. The number of nitrogens with zero attached hydrogens (tertiary/aromatic N) is 1. The van der Waals surface area contributed by atoms with E-state index < -0.39 is 0 Å². The third kappa shape index (κ3) is 3.18. The van der Waals surface area contributed by atoms with Crippen molar-refractivity contribution in [3.8, 4) is 0 Å². The van der Waals surface area contributed by atoms with Gasteiger partial charge in [0.05, 0.1) is 0 Å². The topological polar surface area (TPSA) is 29.3 Å². The molecule has 3 unspecified atom stereocenters. The summed E-state index contributed by atoms with van der Waals surface area (Å²) in [6.07, 6.45) is 5.55. The Morgan fingerprint density at radius 1 is 1.11 bits per heavy atom. The molecule has 1 aromatic carbocycles. The van der Waals surface area contributed by atoms with Crippen LogP contribution in [0.1, 0.15) is 31.2 Å². The maximum Gasteiger partial charge on any atom is 0.0233 e. The van der Waals surface area contributed by atoms with Crippen molar-refractivity contribution in [3.63, 3.8) is 0 Å². The largest absolute Gasteiger partial charge is 0.330 e. The average molecular weight is 258 g/mol. The van der Waals surface area contributed by atoms with Crippen LogP contribution in [-0.4, -0.2) is 24.5 Å². The van der Waals surface area contributed by atoms with Gasteiger partial charge in [-0.25, -0.2) is 0 Å². The maximum absolute atomic E-state index is 5.87. The van der Waals surface area contributed by atoms with Crippen LogP contribution in [0, 0.1) is 17.8 Å². The molecule has 2 aliphatic rings. The summed E-state index contributed by atoms with van der Waals surface area (Å²) in [4.78, 5) is 2.67. The molecule has 2 N–H and O–H groups in total. The molecule has 2 nitrogen and oxygen atoms in total. The van der Waals surface area contributed by atoms with Gasteiger partial charge in [0.1, 0.15) is 0 Å². The average Bonchev–Trinajstić information content (AvgIpc) is 2.73. The van der Waals surface area contributed by atoms with E-state index in [9.17, 15) is 0 Å². The first-order chi connectivity index (χ1) is 9.35. The van der Waals surface area contributed by atoms with Gasteiger partial charge in [-0.3, -0.25) is 4.90 Å². The first kappa shape index (κ1) is 13.1. The summed E-state index contributed by atoms with van der Waals surface area (Å²) in [7, 11) is 0. The molecule has 0 radical (unpaired) electrons. The van der Waals surface area contributed by atoms with E-state index >= 15 is 0 Å². The van der Waals surface area contributed by atoms with Crippen LogP contribution in [0.15, 0.2) is 30.3 Å². The van der Waals surface area contributed by atoms with Crippen LogP contribution in [0.3, 0.4) is 0 Å². The summed E-state index contributed by atoms with van der Waals surface area (Å²) in [5, 5.41) is 0. The molecule has 1 aliphatic heterocycles. The van der Waals surface area contributed by atoms with Gasteiger partial charge in [-0.05, 0) is 62.1 Å². The first-order valence-corrected chi connectivity index (χ1v) is 7.81. The third-order valence-corrected chi connectivity index (χ3v) is 5.06. The third-order valence-electron chi connectivity index (χ3n) is 5.06. The highest BCUT2D eigenvalue weighted by Gasteiger charge is 2.35. The van der Waals surface area contributed by atoms with Crippen molar-refractivity contribution in [1.82, 2.24) is 4.90 Å². The minimum atomic E-state index is 0.798. The Morgan fingerprint density at radius 3 is 2.68 bits per heavy atom. The van der Waals surface area contributed by atoms with E-state index in [1.807, 2.05) is 0 Å². The molecule has 1 saturated heterocycles. The quantitative estimate of drug-likeness (QED) is 0.903. The normalized spacial score (nSPS) is 31.9. The Balaban J connectivity index is 1.62. The molecule has 104 valence electrons. The molecule has 1 aromatic rings. The minimum Gasteiger partial charge on any atom is -0.330 e. The summed E-state index contributed by atoms with van der Waals surface area (Å²) >= 11 is 0. The van der Waals surface area contributed by atoms with Crippen molar-refractivity contribution in [3.05, 3.63) is 35.9 Å². The van der Waals surface area contributed by atoms with Crippen molar-refractivity contribution in [2.24, 2.45) is 23.5 Å². The Morgan fingerprint density at radius 2 is 1.89 bits per heavy atom. The lowest BCUT2D eigenvalue weighted by Crippen LogP contribution is -2.28. The molecule has 3 rings (SSSR count). The highest BCUT2D eigenvalue weighted by molar-refractivity contribution is 5.14. The summed E-state index contributed by atoms with van der Waals surface area (Å²) < 4.78 is 0. The van der Waals surface area contributed by atoms with E-state index in [1.54, 1.807) is 0 Å². The fourth-order valence-electron chi connectivity index (χ4n) is 4.09. The van der Waals surface area contributed by atoms with E-state index in [-0.39, 0.29) is 0 Å². The number of benzene rings is 1. The summed E-state index contributed by atoms with van der Waals surface area (Å²) in [5.74, 6) is 2.65. The van der Waals surface area contributed by atoms with Gasteiger partial charge in [0.2, 0.25) is 0 Å². The second kappa shape index (κ2) is 6.06. The van der Waals surface area contributed by atoms with Gasteiger partial charge in [0.25, 0.3) is 0 Å². The van der Waals surface area contributed by atoms with Gasteiger partial charge >= 0.3 is 0 Å². The van der Waals surface area contributed by atoms with Crippen LogP contribution in [0.4, 0.5) is 0 Å². The number of likely N-dealkylation sites (tertiary alicyclic amines) is 1. The lowest BCUT2D eigenvalue weighted by Gasteiger charge is -2.24. The second-order valence-corrected chi connectivity index (χ2v) is 6.46. The SMILES string of the molecule is NCC1CC2CCCN(Cc3ccccc3)CC2C1. The number of fused-ring (bicyclic) bond motifs is 1. The van der Waals surface area contributed by atoms with E-state index in [0.29, 0.717) is 0 Å². The molecule has 0 spiro atoms. The Labute approximate surface area is 117 Å². The zero-order valence-corrected chi connectivity index (χ0v) is 11.8. The maximum atomic E-state index is 5.87. The molecule has 19 heavy (non-hydrogen) atoms. The smallest absolute Gasteiger partial charge is 0.0233 e. The van der Waals surface area contributed by atoms with Crippen LogP contribution in [0.2, 0.25) is 0 Å². The van der Waals surface area contributed by atoms with Crippen LogP contribution in [-0.2, 0) is 6.54 Å². The molecular formula is C17H26N2. The van der Waals surface area contributed by atoms with Gasteiger partial charge in [0.15, 0.2) is 0 Å². The Kier molecular flexibility index (Phi) is 4.19. The van der Waals surface area contributed by atoms with Crippen molar-refractivity contribution in [1.29, 1.82) is 0 Å². The van der Waals surface area contributed by atoms with Crippen LogP contribution in [0.5, 0.6) is 0 Å². The predicted octanol–water partition coefficient (Wildman–Crippen LogP) is 2.88. The number of hydrogen-bond acceptors (Lipinski definition) is 2. The van der Waals surface area contributed by atoms with Crippen molar-refractivity contribution >= 4 is 0 Å². The van der Waals surface area contributed by atoms with Crippen LogP contribution in [0.25, 0.3) is 0 Å².